The van der Waals surface area contributed by atoms with Gasteiger partial charge in [-0.15, -0.1) is 11.3 Å². The minimum Gasteiger partial charge on any atom is -0.506 e. The van der Waals surface area contributed by atoms with Gasteiger partial charge in [0.25, 0.3) is 0 Å². The second-order valence-corrected chi connectivity index (χ2v) is 9.56. The molecule has 1 aromatic heterocycles. The van der Waals surface area contributed by atoms with Crippen molar-refractivity contribution >= 4 is 46.0 Å². The van der Waals surface area contributed by atoms with Gasteiger partial charge >= 0.3 is 5.97 Å². The Morgan fingerprint density at radius 3 is 2.34 bits per heavy atom. The average Bonchev–Trinajstić information content (AvgIpc) is 3.13. The number of rotatable bonds is 5. The maximum atomic E-state index is 11.3. The number of hydrazone groups is 1. The van der Waals surface area contributed by atoms with Crippen molar-refractivity contribution in [1.82, 2.24) is 5.43 Å². The smallest absolute Gasteiger partial charge is 0.337 e. The summed E-state index contributed by atoms with van der Waals surface area (Å²) in [6.45, 7) is 8.24. The summed E-state index contributed by atoms with van der Waals surface area (Å²) >= 11 is 6.67. The van der Waals surface area contributed by atoms with Gasteiger partial charge in [-0.1, -0.05) is 57.2 Å². The molecule has 0 bridgehead atoms. The van der Waals surface area contributed by atoms with Crippen molar-refractivity contribution in [3.63, 3.8) is 0 Å². The highest BCUT2D eigenvalue weighted by Gasteiger charge is 2.17. The lowest BCUT2D eigenvalue weighted by Gasteiger charge is -2.19. The van der Waals surface area contributed by atoms with E-state index < -0.39 is 5.97 Å². The van der Waals surface area contributed by atoms with Crippen LogP contribution in [0.3, 0.4) is 0 Å². The van der Waals surface area contributed by atoms with E-state index in [1.807, 2.05) is 17.5 Å². The highest BCUT2D eigenvalue weighted by Crippen LogP contribution is 2.39. The maximum Gasteiger partial charge on any atom is 0.337 e. The Morgan fingerprint density at radius 2 is 1.72 bits per heavy atom. The van der Waals surface area contributed by atoms with E-state index in [0.29, 0.717) is 17.0 Å². The Hall–Kier alpha value is -3.23. The van der Waals surface area contributed by atoms with Gasteiger partial charge in [-0.05, 0) is 47.8 Å². The van der Waals surface area contributed by atoms with Crippen molar-refractivity contribution in [3.8, 4) is 16.2 Å². The molecule has 32 heavy (non-hydrogen) atoms. The summed E-state index contributed by atoms with van der Waals surface area (Å²) in [6.07, 6.45) is 0. The molecular formula is C24H25N3O3S2. The number of nitrogens with zero attached hydrogens (tertiary/aromatic N) is 1. The van der Waals surface area contributed by atoms with E-state index in [2.05, 4.69) is 48.7 Å². The minimum atomic E-state index is -1.05. The first kappa shape index (κ1) is 23.4. The third-order valence-electron chi connectivity index (χ3n) is 4.90. The second kappa shape index (κ2) is 9.50. The van der Waals surface area contributed by atoms with Crippen LogP contribution in [-0.4, -0.2) is 27.0 Å². The highest BCUT2D eigenvalue weighted by atomic mass is 32.1. The Kier molecular flexibility index (Phi) is 6.96. The summed E-state index contributed by atoms with van der Waals surface area (Å²) in [5.41, 5.74) is 6.56. The molecule has 2 aromatic carbocycles. The zero-order valence-corrected chi connectivity index (χ0v) is 19.9. The lowest BCUT2D eigenvalue weighted by molar-refractivity contribution is 0.0698. The molecule has 4 N–H and O–H groups in total. The van der Waals surface area contributed by atoms with Crippen molar-refractivity contribution in [2.75, 3.05) is 5.32 Å². The zero-order valence-electron chi connectivity index (χ0n) is 18.3. The standard InChI is InChI=1S/C24H25N3O3S2/c1-14(26-27-23(31)25-19-8-6-5-7-17(19)22(29)30)18-13-32-21(20(18)28)15-9-11-16(12-10-15)24(2,3)4/h5-13,28H,1-4H3,(H,29,30)(H2,25,27,31)/b26-14+. The third-order valence-corrected chi connectivity index (χ3v) is 6.11. The number of thiophene rings is 1. The summed E-state index contributed by atoms with van der Waals surface area (Å²) in [4.78, 5) is 12.1. The minimum absolute atomic E-state index is 0.0630. The molecule has 0 fully saturated rings. The van der Waals surface area contributed by atoms with Crippen molar-refractivity contribution < 1.29 is 15.0 Å². The molecule has 6 nitrogen and oxygen atoms in total. The van der Waals surface area contributed by atoms with Gasteiger partial charge in [0.15, 0.2) is 5.11 Å². The second-order valence-electron chi connectivity index (χ2n) is 8.27. The number of aromatic hydroxyl groups is 1. The molecule has 1 heterocycles. The van der Waals surface area contributed by atoms with E-state index in [1.54, 1.807) is 25.1 Å². The number of carbonyl (C=O) groups is 1. The Labute approximate surface area is 196 Å². The van der Waals surface area contributed by atoms with Gasteiger partial charge in [0, 0.05) is 5.38 Å². The number of nitrogens with one attached hydrogen (secondary N) is 2. The number of carboxylic acid groups (broad SMARTS) is 1. The fraction of sp³-hybridized carbons (Fsp3) is 0.208. The number of para-hydroxylation sites is 1. The van der Waals surface area contributed by atoms with Gasteiger partial charge in [-0.2, -0.15) is 5.10 Å². The van der Waals surface area contributed by atoms with Gasteiger partial charge in [-0.25, -0.2) is 4.79 Å². The number of benzene rings is 2. The molecule has 3 aromatic rings. The van der Waals surface area contributed by atoms with Crippen molar-refractivity contribution in [2.24, 2.45) is 5.10 Å². The Balaban J connectivity index is 1.73. The SMILES string of the molecule is C/C(=N\NC(=S)Nc1ccccc1C(=O)O)c1csc(-c2ccc(C(C)(C)C)cc2)c1O. The molecule has 3 rings (SSSR count). The first-order chi connectivity index (χ1) is 15.1. The predicted molar refractivity (Wildman–Crippen MR) is 135 cm³/mol. The monoisotopic (exact) mass is 467 g/mol. The molecule has 0 amide bonds. The van der Waals surface area contributed by atoms with Crippen LogP contribution in [0.5, 0.6) is 5.75 Å². The first-order valence-electron chi connectivity index (χ1n) is 9.93. The summed E-state index contributed by atoms with van der Waals surface area (Å²) in [7, 11) is 0. The van der Waals surface area contributed by atoms with Crippen LogP contribution in [0.25, 0.3) is 10.4 Å². The van der Waals surface area contributed by atoms with Gasteiger partial charge in [0.1, 0.15) is 5.75 Å². The summed E-state index contributed by atoms with van der Waals surface area (Å²) < 4.78 is 0. The quantitative estimate of drug-likeness (QED) is 0.214. The number of thiocarbonyl (C=S) groups is 1. The van der Waals surface area contributed by atoms with E-state index in [-0.39, 0.29) is 21.8 Å². The van der Waals surface area contributed by atoms with Crippen LogP contribution >= 0.6 is 23.6 Å². The third kappa shape index (κ3) is 5.33. The van der Waals surface area contributed by atoms with Gasteiger partial charge in [0.2, 0.25) is 0 Å². The highest BCUT2D eigenvalue weighted by molar-refractivity contribution is 7.80. The zero-order chi connectivity index (χ0) is 23.5. The van der Waals surface area contributed by atoms with Crippen molar-refractivity contribution in [2.45, 2.75) is 33.1 Å². The maximum absolute atomic E-state index is 11.3. The molecule has 0 aliphatic carbocycles. The van der Waals surface area contributed by atoms with Crippen LogP contribution in [0.2, 0.25) is 0 Å². The van der Waals surface area contributed by atoms with Crippen molar-refractivity contribution in [1.29, 1.82) is 0 Å². The lowest BCUT2D eigenvalue weighted by atomic mass is 9.86. The fourth-order valence-electron chi connectivity index (χ4n) is 3.06. The lowest BCUT2D eigenvalue weighted by Crippen LogP contribution is -2.25. The Bertz CT molecular complexity index is 1180. The molecule has 0 saturated heterocycles. The molecule has 8 heteroatoms. The molecule has 0 spiro atoms. The Morgan fingerprint density at radius 1 is 1.06 bits per heavy atom. The number of hydrogen-bond donors (Lipinski definition) is 4. The van der Waals surface area contributed by atoms with E-state index >= 15 is 0 Å². The topological polar surface area (TPSA) is 94.0 Å². The fourth-order valence-corrected chi connectivity index (χ4v) is 4.23. The van der Waals surface area contributed by atoms with Crippen LogP contribution in [0.1, 0.15) is 49.2 Å². The van der Waals surface area contributed by atoms with Crippen LogP contribution < -0.4 is 10.7 Å². The van der Waals surface area contributed by atoms with Gasteiger partial charge in [-0.3, -0.25) is 5.43 Å². The van der Waals surface area contributed by atoms with Gasteiger partial charge in [0.05, 0.1) is 27.4 Å². The number of anilines is 1. The molecule has 166 valence electrons. The van der Waals surface area contributed by atoms with Gasteiger partial charge < -0.3 is 15.5 Å². The van der Waals surface area contributed by atoms with Crippen molar-refractivity contribution in [3.05, 3.63) is 70.6 Å². The summed E-state index contributed by atoms with van der Waals surface area (Å²) in [6, 6.07) is 14.6. The predicted octanol–water partition coefficient (Wildman–Crippen LogP) is 5.83. The largest absolute Gasteiger partial charge is 0.506 e. The molecule has 0 radical (unpaired) electrons. The van der Waals surface area contributed by atoms with Crippen LogP contribution in [-0.2, 0) is 5.41 Å². The molecule has 0 saturated carbocycles. The normalized spacial score (nSPS) is 11.8. The van der Waals surface area contributed by atoms with E-state index in [0.717, 1.165) is 10.4 Å². The number of carboxylic acids is 1. The summed E-state index contributed by atoms with van der Waals surface area (Å²) in [5.74, 6) is -0.890. The number of aromatic carboxylic acids is 1. The molecule has 0 aliphatic heterocycles. The van der Waals surface area contributed by atoms with E-state index in [1.165, 1.54) is 23.0 Å². The van der Waals surface area contributed by atoms with Crippen LogP contribution in [0, 0.1) is 0 Å². The molecule has 0 unspecified atom stereocenters. The summed E-state index contributed by atoms with van der Waals surface area (Å²) in [5, 5.41) is 29.1. The molecular weight excluding hydrogens is 442 g/mol. The van der Waals surface area contributed by atoms with Crippen LogP contribution in [0.15, 0.2) is 59.0 Å². The van der Waals surface area contributed by atoms with E-state index in [4.69, 9.17) is 12.2 Å². The molecule has 0 aliphatic rings. The van der Waals surface area contributed by atoms with E-state index in [9.17, 15) is 15.0 Å². The molecule has 0 atom stereocenters. The number of hydrogen-bond acceptors (Lipinski definition) is 5. The van der Waals surface area contributed by atoms with Crippen LogP contribution in [0.4, 0.5) is 5.69 Å². The first-order valence-corrected chi connectivity index (χ1v) is 11.2. The average molecular weight is 468 g/mol.